The number of benzene rings is 1. The maximum absolute atomic E-state index is 5.33. The van der Waals surface area contributed by atoms with Gasteiger partial charge >= 0.3 is 0 Å². The summed E-state index contributed by atoms with van der Waals surface area (Å²) in [7, 11) is 0. The zero-order valence-electron chi connectivity index (χ0n) is 9.82. The summed E-state index contributed by atoms with van der Waals surface area (Å²) >= 11 is 2.34. The highest BCUT2D eigenvalue weighted by atomic mass is 127. The van der Waals surface area contributed by atoms with Crippen molar-refractivity contribution in [1.82, 2.24) is 4.90 Å². The summed E-state index contributed by atoms with van der Waals surface area (Å²) in [6, 6.07) is 9.12. The van der Waals surface area contributed by atoms with Gasteiger partial charge in [-0.2, -0.15) is 0 Å². The van der Waals surface area contributed by atoms with Crippen LogP contribution in [-0.2, 0) is 0 Å². The molecule has 1 fully saturated rings. The highest BCUT2D eigenvalue weighted by Crippen LogP contribution is 2.18. The second kappa shape index (κ2) is 6.27. The number of terminal acetylenes is 1. The predicted molar refractivity (Wildman–Crippen MR) is 81.1 cm³/mol. The standard InChI is InChI=1S/C14H17IN2/c1-2-8-17-9-6-13(7-10-17)16-14-5-3-4-12(15)11-14/h1,3-5,11,13,16H,6-10H2. The molecule has 1 N–H and O–H groups in total. The first-order valence-electron chi connectivity index (χ1n) is 5.96. The third kappa shape index (κ3) is 3.90. The zero-order valence-corrected chi connectivity index (χ0v) is 12.0. The smallest absolute Gasteiger partial charge is 0.0598 e. The number of anilines is 1. The lowest BCUT2D eigenvalue weighted by Crippen LogP contribution is -2.39. The molecule has 1 aromatic carbocycles. The first-order chi connectivity index (χ1) is 8.28. The highest BCUT2D eigenvalue weighted by Gasteiger charge is 2.17. The van der Waals surface area contributed by atoms with Crippen molar-refractivity contribution < 1.29 is 0 Å². The van der Waals surface area contributed by atoms with Crippen LogP contribution < -0.4 is 5.32 Å². The van der Waals surface area contributed by atoms with E-state index in [1.54, 1.807) is 0 Å². The van der Waals surface area contributed by atoms with Crippen molar-refractivity contribution in [3.05, 3.63) is 27.8 Å². The second-order valence-corrected chi connectivity index (χ2v) is 5.65. The number of piperidine rings is 1. The molecule has 0 amide bonds. The van der Waals surface area contributed by atoms with Gasteiger partial charge in [0.25, 0.3) is 0 Å². The van der Waals surface area contributed by atoms with Gasteiger partial charge in [-0.1, -0.05) is 12.0 Å². The monoisotopic (exact) mass is 340 g/mol. The lowest BCUT2D eigenvalue weighted by molar-refractivity contribution is 0.243. The van der Waals surface area contributed by atoms with Crippen LogP contribution in [-0.4, -0.2) is 30.6 Å². The lowest BCUT2D eigenvalue weighted by Gasteiger charge is -2.31. The molecule has 0 atom stereocenters. The molecule has 2 rings (SSSR count). The Bertz CT molecular complexity index is 403. The summed E-state index contributed by atoms with van der Waals surface area (Å²) in [5, 5.41) is 3.60. The fourth-order valence-electron chi connectivity index (χ4n) is 2.18. The largest absolute Gasteiger partial charge is 0.382 e. The molecular weight excluding hydrogens is 323 g/mol. The Kier molecular flexibility index (Phi) is 4.69. The highest BCUT2D eigenvalue weighted by molar-refractivity contribution is 14.1. The van der Waals surface area contributed by atoms with E-state index in [-0.39, 0.29) is 0 Å². The fraction of sp³-hybridized carbons (Fsp3) is 0.429. The Morgan fingerprint density at radius 2 is 2.18 bits per heavy atom. The van der Waals surface area contributed by atoms with Crippen LogP contribution in [0.1, 0.15) is 12.8 Å². The number of likely N-dealkylation sites (tertiary alicyclic amines) is 1. The van der Waals surface area contributed by atoms with Crippen LogP contribution in [0, 0.1) is 15.9 Å². The minimum Gasteiger partial charge on any atom is -0.382 e. The van der Waals surface area contributed by atoms with Crippen LogP contribution in [0.3, 0.4) is 0 Å². The third-order valence-corrected chi connectivity index (χ3v) is 3.77. The Hall–Kier alpha value is -0.730. The summed E-state index contributed by atoms with van der Waals surface area (Å²) in [5.41, 5.74) is 1.23. The van der Waals surface area contributed by atoms with Gasteiger partial charge < -0.3 is 5.32 Å². The molecule has 0 bridgehead atoms. The average molecular weight is 340 g/mol. The maximum Gasteiger partial charge on any atom is 0.0598 e. The van der Waals surface area contributed by atoms with E-state index in [9.17, 15) is 0 Å². The molecule has 2 nitrogen and oxygen atoms in total. The van der Waals surface area contributed by atoms with E-state index in [4.69, 9.17) is 6.42 Å². The summed E-state index contributed by atoms with van der Waals surface area (Å²) in [6.45, 7) is 2.99. The van der Waals surface area contributed by atoms with E-state index in [1.165, 1.54) is 22.1 Å². The SMILES string of the molecule is C#CCN1CCC(Nc2cccc(I)c2)CC1. The predicted octanol–water partition coefficient (Wildman–Crippen LogP) is 2.80. The topological polar surface area (TPSA) is 15.3 Å². The van der Waals surface area contributed by atoms with Crippen LogP contribution in [0.2, 0.25) is 0 Å². The molecule has 1 heterocycles. The second-order valence-electron chi connectivity index (χ2n) is 4.41. The third-order valence-electron chi connectivity index (χ3n) is 3.10. The van der Waals surface area contributed by atoms with Crippen molar-refractivity contribution in [2.24, 2.45) is 0 Å². The summed E-state index contributed by atoms with van der Waals surface area (Å²) in [5.74, 6) is 2.71. The van der Waals surface area contributed by atoms with Gasteiger partial charge in [0.15, 0.2) is 0 Å². The number of nitrogens with zero attached hydrogens (tertiary/aromatic N) is 1. The number of hydrogen-bond donors (Lipinski definition) is 1. The van der Waals surface area contributed by atoms with Crippen molar-refractivity contribution in [2.75, 3.05) is 25.0 Å². The van der Waals surface area contributed by atoms with Gasteiger partial charge in [-0.25, -0.2) is 0 Å². The number of rotatable bonds is 3. The molecule has 1 saturated heterocycles. The van der Waals surface area contributed by atoms with Crippen LogP contribution in [0.25, 0.3) is 0 Å². The molecule has 1 aliphatic heterocycles. The van der Waals surface area contributed by atoms with Crippen molar-refractivity contribution in [2.45, 2.75) is 18.9 Å². The van der Waals surface area contributed by atoms with Gasteiger partial charge in [0.05, 0.1) is 6.54 Å². The quantitative estimate of drug-likeness (QED) is 0.672. The van der Waals surface area contributed by atoms with Crippen molar-refractivity contribution in [3.63, 3.8) is 0 Å². The summed E-state index contributed by atoms with van der Waals surface area (Å²) in [4.78, 5) is 2.34. The maximum atomic E-state index is 5.33. The molecule has 0 saturated carbocycles. The summed E-state index contributed by atoms with van der Waals surface area (Å²) in [6.07, 6.45) is 7.67. The Labute approximate surface area is 117 Å². The normalized spacial score (nSPS) is 17.6. The Morgan fingerprint density at radius 3 is 2.82 bits per heavy atom. The number of nitrogens with one attached hydrogen (secondary N) is 1. The number of halogens is 1. The van der Waals surface area contributed by atoms with Crippen LogP contribution >= 0.6 is 22.6 Å². The van der Waals surface area contributed by atoms with E-state index >= 15 is 0 Å². The minimum absolute atomic E-state index is 0.585. The van der Waals surface area contributed by atoms with E-state index in [2.05, 4.69) is 63.0 Å². The molecule has 0 aromatic heterocycles. The molecular formula is C14H17IN2. The molecule has 0 unspecified atom stereocenters. The molecule has 0 radical (unpaired) electrons. The van der Waals surface area contributed by atoms with Gasteiger partial charge in [0.2, 0.25) is 0 Å². The molecule has 90 valence electrons. The molecule has 17 heavy (non-hydrogen) atoms. The van der Waals surface area contributed by atoms with E-state index in [0.717, 1.165) is 19.6 Å². The molecule has 0 spiro atoms. The van der Waals surface area contributed by atoms with Crippen LogP contribution in [0.4, 0.5) is 5.69 Å². The van der Waals surface area contributed by atoms with Crippen molar-refractivity contribution in [3.8, 4) is 12.3 Å². The van der Waals surface area contributed by atoms with Crippen LogP contribution in [0.5, 0.6) is 0 Å². The summed E-state index contributed by atoms with van der Waals surface area (Å²) < 4.78 is 1.28. The van der Waals surface area contributed by atoms with Gasteiger partial charge in [-0.05, 0) is 53.6 Å². The Morgan fingerprint density at radius 1 is 1.41 bits per heavy atom. The zero-order chi connectivity index (χ0) is 12.1. The molecule has 0 aliphatic carbocycles. The first-order valence-corrected chi connectivity index (χ1v) is 7.04. The van der Waals surface area contributed by atoms with Gasteiger partial charge in [-0.15, -0.1) is 6.42 Å². The molecule has 1 aliphatic rings. The molecule has 1 aromatic rings. The van der Waals surface area contributed by atoms with Gasteiger partial charge in [-0.3, -0.25) is 4.90 Å². The lowest BCUT2D eigenvalue weighted by atomic mass is 10.0. The van der Waals surface area contributed by atoms with E-state index in [0.29, 0.717) is 6.04 Å². The number of hydrogen-bond acceptors (Lipinski definition) is 2. The molecule has 3 heteroatoms. The first kappa shape index (κ1) is 12.7. The average Bonchev–Trinajstić information content (AvgIpc) is 2.32. The Balaban J connectivity index is 1.84. The van der Waals surface area contributed by atoms with E-state index in [1.807, 2.05) is 0 Å². The van der Waals surface area contributed by atoms with E-state index < -0.39 is 0 Å². The minimum atomic E-state index is 0.585. The van der Waals surface area contributed by atoms with Crippen molar-refractivity contribution in [1.29, 1.82) is 0 Å². The van der Waals surface area contributed by atoms with Gasteiger partial charge in [0, 0.05) is 28.4 Å². The fourth-order valence-corrected chi connectivity index (χ4v) is 2.72. The van der Waals surface area contributed by atoms with Crippen LogP contribution in [0.15, 0.2) is 24.3 Å². The van der Waals surface area contributed by atoms with Crippen molar-refractivity contribution >= 4 is 28.3 Å². The van der Waals surface area contributed by atoms with Gasteiger partial charge in [0.1, 0.15) is 0 Å².